The number of benzene rings is 1. The zero-order valence-corrected chi connectivity index (χ0v) is 13.0. The second kappa shape index (κ2) is 6.92. The third-order valence-electron chi connectivity index (χ3n) is 3.85. The number of carbonyl (C=O) groups is 1. The van der Waals surface area contributed by atoms with Crippen molar-refractivity contribution in [2.45, 2.75) is 12.8 Å². The Bertz CT molecular complexity index is 629. The van der Waals surface area contributed by atoms with Crippen LogP contribution in [0.2, 0.25) is 0 Å². The van der Waals surface area contributed by atoms with E-state index < -0.39 is 0 Å². The molecule has 5 heteroatoms. The number of hydrogen-bond donors (Lipinski definition) is 0. The Balaban J connectivity index is 1.57. The van der Waals surface area contributed by atoms with Gasteiger partial charge in [-0.15, -0.1) is 11.3 Å². The smallest absolute Gasteiger partial charge is 0.263 e. The van der Waals surface area contributed by atoms with Crippen molar-refractivity contribution in [1.29, 1.82) is 0 Å². The highest BCUT2D eigenvalue weighted by Gasteiger charge is 2.25. The fraction of sp³-hybridized carbons (Fsp3) is 0.353. The molecular formula is C17H18FNO2S. The first-order valence-corrected chi connectivity index (χ1v) is 8.32. The molecule has 1 aromatic carbocycles. The molecule has 0 spiro atoms. The molecule has 1 aliphatic heterocycles. The number of para-hydroxylation sites is 1. The Morgan fingerprint density at radius 3 is 2.95 bits per heavy atom. The number of thiophene rings is 1. The first-order valence-electron chi connectivity index (χ1n) is 7.44. The molecule has 0 radical (unpaired) electrons. The molecule has 1 amide bonds. The Labute approximate surface area is 133 Å². The number of ether oxygens (including phenoxy) is 1. The average Bonchev–Trinajstić information content (AvgIpc) is 3.08. The highest BCUT2D eigenvalue weighted by atomic mass is 32.1. The van der Waals surface area contributed by atoms with E-state index in [2.05, 4.69) is 0 Å². The number of rotatable bonds is 4. The number of likely N-dealkylation sites (tertiary alicyclic amines) is 1. The van der Waals surface area contributed by atoms with Crippen LogP contribution in [0.5, 0.6) is 5.75 Å². The number of halogens is 1. The van der Waals surface area contributed by atoms with Gasteiger partial charge in [0.2, 0.25) is 0 Å². The van der Waals surface area contributed by atoms with Crippen LogP contribution in [0, 0.1) is 11.7 Å². The summed E-state index contributed by atoms with van der Waals surface area (Å²) in [5, 5.41) is 1.91. The fourth-order valence-electron chi connectivity index (χ4n) is 2.71. The quantitative estimate of drug-likeness (QED) is 0.857. The third-order valence-corrected chi connectivity index (χ3v) is 4.71. The van der Waals surface area contributed by atoms with Gasteiger partial charge in [0.05, 0.1) is 11.5 Å². The molecule has 1 saturated heterocycles. The lowest BCUT2D eigenvalue weighted by molar-refractivity contribution is 0.0636. The standard InChI is InChI=1S/C17H18FNO2S/c18-14-6-1-2-7-15(14)21-12-13-5-3-9-19(11-13)17(20)16-8-4-10-22-16/h1-2,4,6-8,10,13H,3,5,9,11-12H2. The molecule has 0 bridgehead atoms. The summed E-state index contributed by atoms with van der Waals surface area (Å²) in [4.78, 5) is 15.0. The maximum Gasteiger partial charge on any atom is 0.263 e. The minimum Gasteiger partial charge on any atom is -0.490 e. The predicted octanol–water partition coefficient (Wildman–Crippen LogP) is 3.82. The lowest BCUT2D eigenvalue weighted by Crippen LogP contribution is -2.41. The molecule has 2 heterocycles. The van der Waals surface area contributed by atoms with Gasteiger partial charge in [0.1, 0.15) is 0 Å². The summed E-state index contributed by atoms with van der Waals surface area (Å²) in [5.41, 5.74) is 0. The van der Waals surface area contributed by atoms with Gasteiger partial charge in [-0.1, -0.05) is 18.2 Å². The van der Waals surface area contributed by atoms with E-state index in [0.29, 0.717) is 13.2 Å². The molecule has 1 fully saturated rings. The summed E-state index contributed by atoms with van der Waals surface area (Å²) in [6.07, 6.45) is 1.96. The van der Waals surface area contributed by atoms with Gasteiger partial charge in [0, 0.05) is 19.0 Å². The van der Waals surface area contributed by atoms with Crippen LogP contribution in [0.15, 0.2) is 41.8 Å². The summed E-state index contributed by atoms with van der Waals surface area (Å²) in [7, 11) is 0. The zero-order chi connectivity index (χ0) is 15.4. The summed E-state index contributed by atoms with van der Waals surface area (Å²) in [6.45, 7) is 1.90. The van der Waals surface area contributed by atoms with Crippen molar-refractivity contribution < 1.29 is 13.9 Å². The second-order valence-electron chi connectivity index (χ2n) is 5.48. The van der Waals surface area contributed by atoms with Crippen molar-refractivity contribution in [1.82, 2.24) is 4.90 Å². The van der Waals surface area contributed by atoms with E-state index >= 15 is 0 Å². The average molecular weight is 319 g/mol. The topological polar surface area (TPSA) is 29.5 Å². The van der Waals surface area contributed by atoms with Gasteiger partial charge in [0.15, 0.2) is 11.6 Å². The van der Waals surface area contributed by atoms with Crippen molar-refractivity contribution >= 4 is 17.2 Å². The molecule has 1 unspecified atom stereocenters. The predicted molar refractivity (Wildman–Crippen MR) is 84.8 cm³/mol. The second-order valence-corrected chi connectivity index (χ2v) is 6.43. The SMILES string of the molecule is O=C(c1cccs1)N1CCCC(COc2ccccc2F)C1. The number of amides is 1. The molecule has 22 heavy (non-hydrogen) atoms. The normalized spacial score (nSPS) is 18.2. The van der Waals surface area contributed by atoms with Crippen molar-refractivity contribution in [2.75, 3.05) is 19.7 Å². The molecule has 1 aromatic heterocycles. The van der Waals surface area contributed by atoms with E-state index in [1.807, 2.05) is 22.4 Å². The Morgan fingerprint density at radius 2 is 2.18 bits per heavy atom. The van der Waals surface area contributed by atoms with Crippen LogP contribution in [0.25, 0.3) is 0 Å². The Hall–Kier alpha value is -1.88. The largest absolute Gasteiger partial charge is 0.490 e. The molecule has 0 saturated carbocycles. The van der Waals surface area contributed by atoms with Crippen LogP contribution in [0.4, 0.5) is 4.39 Å². The maximum atomic E-state index is 13.5. The van der Waals surface area contributed by atoms with Crippen LogP contribution in [0.3, 0.4) is 0 Å². The van der Waals surface area contributed by atoms with Crippen LogP contribution in [0.1, 0.15) is 22.5 Å². The fourth-order valence-corrected chi connectivity index (χ4v) is 3.40. The molecule has 2 aromatic rings. The lowest BCUT2D eigenvalue weighted by atomic mass is 9.99. The number of hydrogen-bond acceptors (Lipinski definition) is 3. The van der Waals surface area contributed by atoms with Gasteiger partial charge in [-0.3, -0.25) is 4.79 Å². The number of piperidine rings is 1. The minimum absolute atomic E-state index is 0.0885. The maximum absolute atomic E-state index is 13.5. The number of carbonyl (C=O) groups excluding carboxylic acids is 1. The molecule has 1 atom stereocenters. The van der Waals surface area contributed by atoms with Crippen LogP contribution < -0.4 is 4.74 Å². The summed E-state index contributed by atoms with van der Waals surface area (Å²) in [6, 6.07) is 10.2. The molecule has 0 aliphatic carbocycles. The van der Waals surface area contributed by atoms with E-state index in [0.717, 1.165) is 24.3 Å². The van der Waals surface area contributed by atoms with Gasteiger partial charge >= 0.3 is 0 Å². The number of nitrogens with zero attached hydrogens (tertiary/aromatic N) is 1. The highest BCUT2D eigenvalue weighted by molar-refractivity contribution is 7.12. The minimum atomic E-state index is -0.343. The Morgan fingerprint density at radius 1 is 1.32 bits per heavy atom. The van der Waals surface area contributed by atoms with E-state index in [4.69, 9.17) is 4.74 Å². The monoisotopic (exact) mass is 319 g/mol. The molecular weight excluding hydrogens is 301 g/mol. The van der Waals surface area contributed by atoms with Crippen molar-refractivity contribution in [3.63, 3.8) is 0 Å². The zero-order valence-electron chi connectivity index (χ0n) is 12.2. The van der Waals surface area contributed by atoms with Gasteiger partial charge < -0.3 is 9.64 Å². The van der Waals surface area contributed by atoms with Crippen molar-refractivity contribution in [3.05, 3.63) is 52.5 Å². The van der Waals surface area contributed by atoms with Crippen LogP contribution in [-0.2, 0) is 0 Å². The molecule has 3 nitrogen and oxygen atoms in total. The van der Waals surface area contributed by atoms with Gasteiger partial charge in [-0.2, -0.15) is 0 Å². The first-order chi connectivity index (χ1) is 10.7. The summed E-state index contributed by atoms with van der Waals surface area (Å²) < 4.78 is 19.1. The first kappa shape index (κ1) is 15.0. The Kier molecular flexibility index (Phi) is 4.73. The third kappa shape index (κ3) is 3.47. The molecule has 0 N–H and O–H groups in total. The van der Waals surface area contributed by atoms with Crippen molar-refractivity contribution in [2.24, 2.45) is 5.92 Å². The van der Waals surface area contributed by atoms with E-state index in [1.54, 1.807) is 18.2 Å². The lowest BCUT2D eigenvalue weighted by Gasteiger charge is -2.32. The van der Waals surface area contributed by atoms with Crippen molar-refractivity contribution in [3.8, 4) is 5.75 Å². The summed E-state index contributed by atoms with van der Waals surface area (Å²) in [5.74, 6) is 0.275. The molecule has 1 aliphatic rings. The highest BCUT2D eigenvalue weighted by Crippen LogP contribution is 2.22. The summed E-state index contributed by atoms with van der Waals surface area (Å²) >= 11 is 1.47. The molecule has 3 rings (SSSR count). The van der Waals surface area contributed by atoms with Gasteiger partial charge in [0.25, 0.3) is 5.91 Å². The van der Waals surface area contributed by atoms with E-state index in [9.17, 15) is 9.18 Å². The van der Waals surface area contributed by atoms with E-state index in [1.165, 1.54) is 17.4 Å². The molecule has 116 valence electrons. The van der Waals surface area contributed by atoms with Crippen LogP contribution >= 0.6 is 11.3 Å². The van der Waals surface area contributed by atoms with Gasteiger partial charge in [-0.25, -0.2) is 4.39 Å². The van der Waals surface area contributed by atoms with Gasteiger partial charge in [-0.05, 0) is 36.4 Å². The van der Waals surface area contributed by atoms with E-state index in [-0.39, 0.29) is 23.4 Å². The van der Waals surface area contributed by atoms with Crippen LogP contribution in [-0.4, -0.2) is 30.5 Å².